The van der Waals surface area contributed by atoms with Crippen molar-refractivity contribution in [1.29, 1.82) is 0 Å². The largest absolute Gasteiger partial charge is 0.251 e. The van der Waals surface area contributed by atoms with Gasteiger partial charge in [0, 0.05) is 4.83 Å². The number of hydrogen-bond acceptors (Lipinski definition) is 2. The molecule has 1 aliphatic carbocycles. The van der Waals surface area contributed by atoms with E-state index in [0.29, 0.717) is 4.83 Å². The van der Waals surface area contributed by atoms with E-state index in [9.17, 15) is 0 Å². The van der Waals surface area contributed by atoms with Gasteiger partial charge < -0.3 is 0 Å². The van der Waals surface area contributed by atoms with Gasteiger partial charge in [0.2, 0.25) is 0 Å². The van der Waals surface area contributed by atoms with Gasteiger partial charge in [-0.25, -0.2) is 4.89 Å². The van der Waals surface area contributed by atoms with Crippen LogP contribution in [-0.4, -0.2) is 15.7 Å². The van der Waals surface area contributed by atoms with Gasteiger partial charge in [0.25, 0.3) is 0 Å². The summed E-state index contributed by atoms with van der Waals surface area (Å²) in [5.74, 6) is 0. The Bertz CT molecular complexity index is 107. The van der Waals surface area contributed by atoms with Crippen LogP contribution in [0.4, 0.5) is 0 Å². The van der Waals surface area contributed by atoms with E-state index in [1.54, 1.807) is 0 Å². The molecule has 0 aromatic rings. The van der Waals surface area contributed by atoms with Gasteiger partial charge >= 0.3 is 0 Å². The Morgan fingerprint density at radius 3 is 2.67 bits per heavy atom. The fourth-order valence-electron chi connectivity index (χ4n) is 1.20. The monoisotopic (exact) mass is 194 g/mol. The van der Waals surface area contributed by atoms with E-state index in [1.165, 1.54) is 0 Å². The number of halogens is 1. The van der Waals surface area contributed by atoms with Crippen LogP contribution >= 0.6 is 15.9 Å². The molecule has 1 saturated carbocycles. The minimum atomic E-state index is -0.333. The zero-order valence-corrected chi connectivity index (χ0v) is 7.02. The molecule has 0 saturated heterocycles. The summed E-state index contributed by atoms with van der Waals surface area (Å²) in [4.78, 5) is 4.68. The number of hydrogen-bond donors (Lipinski definition) is 1. The van der Waals surface area contributed by atoms with Crippen LogP contribution in [0.2, 0.25) is 0 Å². The summed E-state index contributed by atoms with van der Waals surface area (Å²) >= 11 is 3.44. The Hall–Kier alpha value is 0.400. The minimum Gasteiger partial charge on any atom is -0.251 e. The van der Waals surface area contributed by atoms with Gasteiger partial charge in [0.1, 0.15) is 5.60 Å². The first-order valence-electron chi connectivity index (χ1n) is 3.16. The quantitative estimate of drug-likeness (QED) is 0.394. The smallest absolute Gasteiger partial charge is 0.113 e. The Morgan fingerprint density at radius 2 is 2.44 bits per heavy atom. The molecule has 9 heavy (non-hydrogen) atoms. The van der Waals surface area contributed by atoms with Crippen molar-refractivity contribution in [3.05, 3.63) is 0 Å². The second-order valence-corrected chi connectivity index (χ2v) is 3.87. The van der Waals surface area contributed by atoms with Crippen molar-refractivity contribution in [2.75, 3.05) is 0 Å². The molecule has 1 rings (SSSR count). The molecule has 54 valence electrons. The van der Waals surface area contributed by atoms with Crippen LogP contribution < -0.4 is 0 Å². The third kappa shape index (κ3) is 1.28. The molecule has 3 heteroatoms. The second kappa shape index (κ2) is 2.56. The highest BCUT2D eigenvalue weighted by atomic mass is 79.9. The standard InChI is InChI=1S/C6H11BrO2/c1-6(9-8)4-2-3-5(6)7/h5,8H,2-4H2,1H3. The summed E-state index contributed by atoms with van der Waals surface area (Å²) in [6.45, 7) is 1.92. The van der Waals surface area contributed by atoms with Crippen molar-refractivity contribution in [2.24, 2.45) is 0 Å². The molecule has 0 bridgehead atoms. The van der Waals surface area contributed by atoms with E-state index in [0.717, 1.165) is 19.3 Å². The number of rotatable bonds is 1. The lowest BCUT2D eigenvalue weighted by Crippen LogP contribution is -2.32. The molecule has 0 amide bonds. The van der Waals surface area contributed by atoms with Crippen LogP contribution in [-0.2, 0) is 4.89 Å². The van der Waals surface area contributed by atoms with Crippen molar-refractivity contribution in [2.45, 2.75) is 36.6 Å². The maximum atomic E-state index is 8.47. The van der Waals surface area contributed by atoms with E-state index in [4.69, 9.17) is 5.26 Å². The fourth-order valence-corrected chi connectivity index (χ4v) is 1.83. The van der Waals surface area contributed by atoms with Crippen molar-refractivity contribution in [1.82, 2.24) is 0 Å². The molecule has 0 spiro atoms. The van der Waals surface area contributed by atoms with Crippen LogP contribution in [0.5, 0.6) is 0 Å². The van der Waals surface area contributed by atoms with Gasteiger partial charge in [-0.15, -0.1) is 0 Å². The SMILES string of the molecule is CC1(OO)CCCC1Br. The topological polar surface area (TPSA) is 29.5 Å². The first-order chi connectivity index (χ1) is 4.19. The molecule has 1 N–H and O–H groups in total. The molecule has 1 fully saturated rings. The first-order valence-corrected chi connectivity index (χ1v) is 4.07. The summed E-state index contributed by atoms with van der Waals surface area (Å²) in [6, 6.07) is 0. The third-order valence-electron chi connectivity index (χ3n) is 2.00. The molecular weight excluding hydrogens is 184 g/mol. The fraction of sp³-hybridized carbons (Fsp3) is 1.00. The summed E-state index contributed by atoms with van der Waals surface area (Å²) in [5.41, 5.74) is -0.333. The minimum absolute atomic E-state index is 0.315. The Morgan fingerprint density at radius 1 is 1.78 bits per heavy atom. The Balaban J connectivity index is 2.56. The van der Waals surface area contributed by atoms with Crippen molar-refractivity contribution >= 4 is 15.9 Å². The summed E-state index contributed by atoms with van der Waals surface area (Å²) in [5, 5.41) is 8.47. The molecule has 1 aliphatic rings. The third-order valence-corrected chi connectivity index (χ3v) is 3.43. The van der Waals surface area contributed by atoms with E-state index in [-0.39, 0.29) is 5.60 Å². The van der Waals surface area contributed by atoms with E-state index in [1.807, 2.05) is 6.92 Å². The van der Waals surface area contributed by atoms with Crippen LogP contribution in [0.3, 0.4) is 0 Å². The normalized spacial score (nSPS) is 43.7. The maximum Gasteiger partial charge on any atom is 0.113 e. The van der Waals surface area contributed by atoms with Crippen LogP contribution in [0.25, 0.3) is 0 Å². The lowest BCUT2D eigenvalue weighted by molar-refractivity contribution is -0.313. The van der Waals surface area contributed by atoms with Gasteiger partial charge in [0.05, 0.1) is 0 Å². The maximum absolute atomic E-state index is 8.47. The zero-order chi connectivity index (χ0) is 6.91. The van der Waals surface area contributed by atoms with Crippen LogP contribution in [0.1, 0.15) is 26.2 Å². The van der Waals surface area contributed by atoms with Crippen molar-refractivity contribution in [3.8, 4) is 0 Å². The molecular formula is C6H11BrO2. The highest BCUT2D eigenvalue weighted by Gasteiger charge is 2.38. The Kier molecular flexibility index (Phi) is 2.14. The highest BCUT2D eigenvalue weighted by molar-refractivity contribution is 9.09. The number of alkyl halides is 1. The van der Waals surface area contributed by atoms with Gasteiger partial charge in [-0.1, -0.05) is 15.9 Å². The van der Waals surface area contributed by atoms with Crippen molar-refractivity contribution in [3.63, 3.8) is 0 Å². The van der Waals surface area contributed by atoms with Gasteiger partial charge in [0.15, 0.2) is 0 Å². The lowest BCUT2D eigenvalue weighted by atomic mass is 10.1. The van der Waals surface area contributed by atoms with Gasteiger partial charge in [-0.3, -0.25) is 5.26 Å². The molecule has 0 radical (unpaired) electrons. The van der Waals surface area contributed by atoms with Crippen molar-refractivity contribution < 1.29 is 10.1 Å². The average Bonchev–Trinajstić information content (AvgIpc) is 2.15. The van der Waals surface area contributed by atoms with E-state index >= 15 is 0 Å². The molecule has 0 aromatic carbocycles. The van der Waals surface area contributed by atoms with Crippen LogP contribution in [0.15, 0.2) is 0 Å². The van der Waals surface area contributed by atoms with Gasteiger partial charge in [-0.2, -0.15) is 0 Å². The molecule has 0 heterocycles. The second-order valence-electron chi connectivity index (χ2n) is 2.76. The van der Waals surface area contributed by atoms with E-state index in [2.05, 4.69) is 20.8 Å². The summed E-state index contributed by atoms with van der Waals surface area (Å²) in [6.07, 6.45) is 3.17. The predicted octanol–water partition coefficient (Wildman–Crippen LogP) is 2.18. The molecule has 2 atom stereocenters. The molecule has 0 aliphatic heterocycles. The average molecular weight is 195 g/mol. The lowest BCUT2D eigenvalue weighted by Gasteiger charge is -2.22. The summed E-state index contributed by atoms with van der Waals surface area (Å²) < 4.78 is 0. The molecule has 0 aromatic heterocycles. The Labute approximate surface area is 63.3 Å². The first kappa shape index (κ1) is 7.51. The summed E-state index contributed by atoms with van der Waals surface area (Å²) in [7, 11) is 0. The predicted molar refractivity (Wildman–Crippen MR) is 38.7 cm³/mol. The van der Waals surface area contributed by atoms with Gasteiger partial charge in [-0.05, 0) is 26.2 Å². The highest BCUT2D eigenvalue weighted by Crippen LogP contribution is 2.37. The molecule has 2 unspecified atom stereocenters. The molecule has 2 nitrogen and oxygen atoms in total. The zero-order valence-electron chi connectivity index (χ0n) is 5.43. The van der Waals surface area contributed by atoms with E-state index < -0.39 is 0 Å². The van der Waals surface area contributed by atoms with Crippen LogP contribution in [0, 0.1) is 0 Å².